The fraction of sp³-hybridized carbons (Fsp3) is 0.778. The molecule has 0 aromatic rings. The van der Waals surface area contributed by atoms with E-state index in [1.165, 1.54) is 7.11 Å². The van der Waals surface area contributed by atoms with Crippen molar-refractivity contribution in [3.8, 4) is 0 Å². The van der Waals surface area contributed by atoms with Crippen LogP contribution >= 0.6 is 0 Å². The molecule has 1 aliphatic rings. The minimum atomic E-state index is -1.20. The third kappa shape index (κ3) is 7.23. The summed E-state index contributed by atoms with van der Waals surface area (Å²) in [6.07, 6.45) is 4.03. The van der Waals surface area contributed by atoms with E-state index < -0.39 is 12.1 Å². The van der Waals surface area contributed by atoms with Gasteiger partial charge in [0.15, 0.2) is 11.6 Å². The molecule has 0 N–H and O–H groups in total. The van der Waals surface area contributed by atoms with Crippen LogP contribution in [-0.2, 0) is 28.7 Å². The van der Waals surface area contributed by atoms with Gasteiger partial charge >= 0.3 is 11.9 Å². The van der Waals surface area contributed by atoms with Gasteiger partial charge in [-0.1, -0.05) is 33.1 Å². The first-order valence-corrected chi connectivity index (χ1v) is 8.57. The zero-order valence-electron chi connectivity index (χ0n) is 14.9. The van der Waals surface area contributed by atoms with E-state index in [0.29, 0.717) is 12.8 Å². The minimum Gasteiger partial charge on any atom is -0.469 e. The van der Waals surface area contributed by atoms with Crippen molar-refractivity contribution in [2.45, 2.75) is 77.7 Å². The summed E-state index contributed by atoms with van der Waals surface area (Å²) in [4.78, 5) is 46.6. The van der Waals surface area contributed by atoms with Crippen LogP contribution in [0.4, 0.5) is 0 Å². The molecule has 24 heavy (non-hydrogen) atoms. The maximum Gasteiger partial charge on any atom is 0.306 e. The molecule has 0 radical (unpaired) electrons. The largest absolute Gasteiger partial charge is 0.469 e. The lowest BCUT2D eigenvalue weighted by molar-refractivity contribution is -0.164. The van der Waals surface area contributed by atoms with Gasteiger partial charge in [0.1, 0.15) is 0 Å². The van der Waals surface area contributed by atoms with Crippen LogP contribution in [-0.4, -0.2) is 36.7 Å². The molecule has 6 heteroatoms. The van der Waals surface area contributed by atoms with E-state index in [9.17, 15) is 19.2 Å². The molecule has 0 spiro atoms. The molecular weight excluding hydrogens is 312 g/mol. The van der Waals surface area contributed by atoms with Gasteiger partial charge in [0.05, 0.1) is 7.11 Å². The first-order chi connectivity index (χ1) is 11.2. The Hall–Kier alpha value is -1.72. The molecule has 136 valence electrons. The number of ether oxygens (including phenoxy) is 2. The number of carbonyl (C=O) groups excluding carboxylic acids is 4. The van der Waals surface area contributed by atoms with Crippen LogP contribution < -0.4 is 0 Å². The molecule has 0 bridgehead atoms. The highest BCUT2D eigenvalue weighted by Gasteiger charge is 2.41. The van der Waals surface area contributed by atoms with Gasteiger partial charge in [0.2, 0.25) is 6.10 Å². The Balaban J connectivity index is 2.17. The molecule has 1 aliphatic carbocycles. The molecule has 0 atom stereocenters. The number of carbonyl (C=O) groups is 4. The molecule has 0 unspecified atom stereocenters. The van der Waals surface area contributed by atoms with E-state index in [1.807, 2.05) is 13.8 Å². The van der Waals surface area contributed by atoms with Crippen LogP contribution in [0, 0.1) is 5.41 Å². The van der Waals surface area contributed by atoms with Crippen molar-refractivity contribution in [3.63, 3.8) is 0 Å². The summed E-state index contributed by atoms with van der Waals surface area (Å²) in [5.74, 6) is -1.29. The summed E-state index contributed by atoms with van der Waals surface area (Å²) in [6.45, 7) is 3.72. The monoisotopic (exact) mass is 340 g/mol. The fourth-order valence-corrected chi connectivity index (χ4v) is 2.86. The van der Waals surface area contributed by atoms with Gasteiger partial charge in [-0.2, -0.15) is 0 Å². The summed E-state index contributed by atoms with van der Waals surface area (Å²) < 4.78 is 9.64. The molecule has 0 aliphatic heterocycles. The van der Waals surface area contributed by atoms with Crippen molar-refractivity contribution >= 4 is 23.5 Å². The van der Waals surface area contributed by atoms with Gasteiger partial charge in [0, 0.05) is 25.7 Å². The fourth-order valence-electron chi connectivity index (χ4n) is 2.86. The average molecular weight is 340 g/mol. The second kappa shape index (κ2) is 9.55. The standard InChI is InChI=1S/C18H28O6/c1-18(2)11-13(19)17(14(20)12-18)24-16(22)10-8-6-4-5-7-9-15(21)23-3/h17H,4-12H2,1-3H3. The Morgan fingerprint density at radius 1 is 0.917 bits per heavy atom. The zero-order valence-corrected chi connectivity index (χ0v) is 14.9. The lowest BCUT2D eigenvalue weighted by Gasteiger charge is -2.31. The average Bonchev–Trinajstić information content (AvgIpc) is 2.48. The van der Waals surface area contributed by atoms with Crippen LogP contribution in [0.15, 0.2) is 0 Å². The Morgan fingerprint density at radius 3 is 1.88 bits per heavy atom. The second-order valence-electron chi connectivity index (χ2n) is 7.16. The first kappa shape index (κ1) is 20.3. The number of esters is 2. The smallest absolute Gasteiger partial charge is 0.306 e. The lowest BCUT2D eigenvalue weighted by atomic mass is 9.75. The van der Waals surface area contributed by atoms with Crippen molar-refractivity contribution in [1.29, 1.82) is 0 Å². The number of ketones is 2. The number of Topliss-reactive ketones (excluding diaryl/α,β-unsaturated/α-hetero) is 2. The lowest BCUT2D eigenvalue weighted by Crippen LogP contribution is -2.44. The summed E-state index contributed by atoms with van der Waals surface area (Å²) in [7, 11) is 1.37. The highest BCUT2D eigenvalue weighted by molar-refractivity contribution is 6.09. The minimum absolute atomic E-state index is 0.205. The Labute approximate surface area is 143 Å². The van der Waals surface area contributed by atoms with Crippen LogP contribution in [0.25, 0.3) is 0 Å². The Bertz CT molecular complexity index is 460. The Kier molecular flexibility index (Phi) is 8.08. The molecular formula is C18H28O6. The normalized spacial score (nSPS) is 17.6. The third-order valence-electron chi connectivity index (χ3n) is 4.13. The van der Waals surface area contributed by atoms with Crippen LogP contribution in [0.1, 0.15) is 71.6 Å². The van der Waals surface area contributed by atoms with Crippen molar-refractivity contribution < 1.29 is 28.7 Å². The zero-order chi connectivity index (χ0) is 18.2. The highest BCUT2D eigenvalue weighted by Crippen LogP contribution is 2.32. The molecule has 0 aromatic carbocycles. The highest BCUT2D eigenvalue weighted by atomic mass is 16.6. The molecule has 0 saturated heterocycles. The Morgan fingerprint density at radius 2 is 1.38 bits per heavy atom. The molecule has 1 rings (SSSR count). The van der Waals surface area contributed by atoms with Crippen molar-refractivity contribution in [1.82, 2.24) is 0 Å². The molecule has 1 saturated carbocycles. The van der Waals surface area contributed by atoms with Crippen molar-refractivity contribution in [2.24, 2.45) is 5.41 Å². The van der Waals surface area contributed by atoms with Gasteiger partial charge in [-0.25, -0.2) is 0 Å². The predicted octanol–water partition coefficient (Wildman–Crippen LogP) is 2.76. The molecule has 0 aromatic heterocycles. The predicted molar refractivity (Wildman–Crippen MR) is 87.2 cm³/mol. The SMILES string of the molecule is COC(=O)CCCCCCCC(=O)OC1C(=O)CC(C)(C)CC1=O. The summed E-state index contributed by atoms with van der Waals surface area (Å²) in [5, 5.41) is 0. The molecule has 0 amide bonds. The first-order valence-electron chi connectivity index (χ1n) is 8.57. The quantitative estimate of drug-likeness (QED) is 0.364. The van der Waals surface area contributed by atoms with E-state index in [4.69, 9.17) is 4.74 Å². The van der Waals surface area contributed by atoms with E-state index in [0.717, 1.165) is 25.7 Å². The van der Waals surface area contributed by atoms with E-state index in [-0.39, 0.29) is 42.2 Å². The van der Waals surface area contributed by atoms with Crippen molar-refractivity contribution in [2.75, 3.05) is 7.11 Å². The number of hydrogen-bond acceptors (Lipinski definition) is 6. The second-order valence-corrected chi connectivity index (χ2v) is 7.16. The summed E-state index contributed by atoms with van der Waals surface area (Å²) >= 11 is 0. The van der Waals surface area contributed by atoms with E-state index >= 15 is 0 Å². The van der Waals surface area contributed by atoms with E-state index in [1.54, 1.807) is 0 Å². The molecule has 1 fully saturated rings. The van der Waals surface area contributed by atoms with Gasteiger partial charge < -0.3 is 9.47 Å². The summed E-state index contributed by atoms with van der Waals surface area (Å²) in [5.41, 5.74) is -0.346. The van der Waals surface area contributed by atoms with Crippen LogP contribution in [0.3, 0.4) is 0 Å². The number of methoxy groups -OCH3 is 1. The van der Waals surface area contributed by atoms with Gasteiger partial charge in [-0.05, 0) is 18.3 Å². The number of unbranched alkanes of at least 4 members (excludes halogenated alkanes) is 4. The van der Waals surface area contributed by atoms with Gasteiger partial charge in [-0.3, -0.25) is 19.2 Å². The van der Waals surface area contributed by atoms with Gasteiger partial charge in [0.25, 0.3) is 0 Å². The maximum atomic E-state index is 11.9. The topological polar surface area (TPSA) is 86.7 Å². The number of hydrogen-bond donors (Lipinski definition) is 0. The third-order valence-corrected chi connectivity index (χ3v) is 4.13. The molecule has 0 heterocycles. The van der Waals surface area contributed by atoms with E-state index in [2.05, 4.69) is 4.74 Å². The number of rotatable bonds is 9. The molecule has 6 nitrogen and oxygen atoms in total. The summed E-state index contributed by atoms with van der Waals surface area (Å²) in [6, 6.07) is 0. The van der Waals surface area contributed by atoms with Crippen molar-refractivity contribution in [3.05, 3.63) is 0 Å². The van der Waals surface area contributed by atoms with Crippen LogP contribution in [0.5, 0.6) is 0 Å². The van der Waals surface area contributed by atoms with Crippen LogP contribution in [0.2, 0.25) is 0 Å². The van der Waals surface area contributed by atoms with Gasteiger partial charge in [-0.15, -0.1) is 0 Å². The maximum absolute atomic E-state index is 11.9.